The van der Waals surface area contributed by atoms with Gasteiger partial charge in [-0.2, -0.15) is 0 Å². The third-order valence-corrected chi connectivity index (χ3v) is 7.36. The summed E-state index contributed by atoms with van der Waals surface area (Å²) in [7, 11) is -0.741. The third-order valence-electron chi connectivity index (χ3n) is 4.55. The quantitative estimate of drug-likeness (QED) is 0.754. The predicted molar refractivity (Wildman–Crippen MR) is 111 cm³/mol. The van der Waals surface area contributed by atoms with Crippen molar-refractivity contribution in [2.45, 2.75) is 17.7 Å². The van der Waals surface area contributed by atoms with Gasteiger partial charge in [0.15, 0.2) is 0 Å². The van der Waals surface area contributed by atoms with E-state index in [0.29, 0.717) is 4.47 Å². The Hall–Kier alpha value is -1.90. The van der Waals surface area contributed by atoms with Crippen molar-refractivity contribution in [1.82, 2.24) is 4.31 Å². The molecule has 6 nitrogen and oxygen atoms in total. The Balaban J connectivity index is 1.90. The van der Waals surface area contributed by atoms with Crippen LogP contribution in [0.25, 0.3) is 0 Å². The van der Waals surface area contributed by atoms with Gasteiger partial charge >= 0.3 is 0 Å². The topological polar surface area (TPSA) is 69.7 Å². The van der Waals surface area contributed by atoms with E-state index < -0.39 is 10.0 Å². The molecule has 1 heterocycles. The number of carbonyl (C=O) groups excluding carboxylic acids is 1. The number of anilines is 2. The van der Waals surface area contributed by atoms with Crippen molar-refractivity contribution in [3.05, 3.63) is 52.5 Å². The van der Waals surface area contributed by atoms with Crippen molar-refractivity contribution >= 4 is 43.2 Å². The standard InChI is InChI=1S/C19H22BrN3O3S/c1-22(2)27(25,26)18-13-14(9-10-15(18)20)19(24)21-16-7-3-4-8-17(16)23-11-5-6-12-23/h3-4,7-10,13H,5-6,11-12H2,1-2H3,(H,21,24). The molecule has 2 aromatic carbocycles. The van der Waals surface area contributed by atoms with Crippen molar-refractivity contribution < 1.29 is 13.2 Å². The second-order valence-electron chi connectivity index (χ2n) is 6.60. The first-order valence-corrected chi connectivity index (χ1v) is 10.9. The molecule has 1 amide bonds. The fourth-order valence-corrected chi connectivity index (χ4v) is 4.89. The van der Waals surface area contributed by atoms with Gasteiger partial charge in [-0.15, -0.1) is 0 Å². The van der Waals surface area contributed by atoms with Crippen LogP contribution >= 0.6 is 15.9 Å². The number of nitrogens with one attached hydrogen (secondary N) is 1. The molecular weight excluding hydrogens is 430 g/mol. The second-order valence-corrected chi connectivity index (χ2v) is 9.57. The zero-order chi connectivity index (χ0) is 19.6. The van der Waals surface area contributed by atoms with Gasteiger partial charge < -0.3 is 10.2 Å². The lowest BCUT2D eigenvalue weighted by Crippen LogP contribution is -2.23. The van der Waals surface area contributed by atoms with E-state index in [1.807, 2.05) is 24.3 Å². The summed E-state index contributed by atoms with van der Waals surface area (Å²) in [5.74, 6) is -0.343. The van der Waals surface area contributed by atoms with Gasteiger partial charge in [0.1, 0.15) is 0 Å². The zero-order valence-electron chi connectivity index (χ0n) is 15.3. The molecule has 1 saturated heterocycles. The first-order valence-electron chi connectivity index (χ1n) is 8.68. The zero-order valence-corrected chi connectivity index (χ0v) is 17.7. The normalized spacial score (nSPS) is 14.6. The first kappa shape index (κ1) is 19.9. The molecule has 1 aliphatic heterocycles. The van der Waals surface area contributed by atoms with Crippen molar-refractivity contribution in [2.24, 2.45) is 0 Å². The number of rotatable bonds is 5. The summed E-state index contributed by atoms with van der Waals surface area (Å²) in [6.45, 7) is 1.94. The van der Waals surface area contributed by atoms with Gasteiger partial charge in [-0.05, 0) is 59.1 Å². The van der Waals surface area contributed by atoms with E-state index in [2.05, 4.69) is 26.1 Å². The van der Waals surface area contributed by atoms with Crippen LogP contribution in [0, 0.1) is 0 Å². The van der Waals surface area contributed by atoms with Gasteiger partial charge in [0.05, 0.1) is 16.3 Å². The summed E-state index contributed by atoms with van der Waals surface area (Å²) in [6, 6.07) is 12.3. The van der Waals surface area contributed by atoms with E-state index in [1.54, 1.807) is 12.1 Å². The fourth-order valence-electron chi connectivity index (χ4n) is 3.05. The summed E-state index contributed by atoms with van der Waals surface area (Å²) >= 11 is 3.26. The summed E-state index contributed by atoms with van der Waals surface area (Å²) in [4.78, 5) is 15.1. The van der Waals surface area contributed by atoms with Gasteiger partial charge in [0, 0.05) is 37.2 Å². The molecule has 0 aliphatic carbocycles. The molecule has 1 aliphatic rings. The number of benzene rings is 2. The highest BCUT2D eigenvalue weighted by atomic mass is 79.9. The van der Waals surface area contributed by atoms with E-state index >= 15 is 0 Å². The maximum absolute atomic E-state index is 12.8. The summed E-state index contributed by atoms with van der Waals surface area (Å²) in [5.41, 5.74) is 2.00. The minimum absolute atomic E-state index is 0.0629. The lowest BCUT2D eigenvalue weighted by Gasteiger charge is -2.21. The van der Waals surface area contributed by atoms with Gasteiger partial charge in [0.25, 0.3) is 5.91 Å². The van der Waals surface area contributed by atoms with Gasteiger partial charge in [-0.1, -0.05) is 12.1 Å². The van der Waals surface area contributed by atoms with Crippen LogP contribution in [0.3, 0.4) is 0 Å². The number of para-hydroxylation sites is 2. The van der Waals surface area contributed by atoms with Crippen LogP contribution < -0.4 is 10.2 Å². The molecule has 1 fully saturated rings. The molecule has 144 valence electrons. The Morgan fingerprint density at radius 2 is 1.78 bits per heavy atom. The van der Waals surface area contributed by atoms with E-state index in [0.717, 1.165) is 41.6 Å². The number of carbonyl (C=O) groups is 1. The molecule has 8 heteroatoms. The Morgan fingerprint density at radius 3 is 2.44 bits per heavy atom. The Labute approximate surface area is 168 Å². The van der Waals surface area contributed by atoms with Crippen molar-refractivity contribution in [3.8, 4) is 0 Å². The molecule has 0 spiro atoms. The minimum Gasteiger partial charge on any atom is -0.370 e. The number of hydrogen-bond donors (Lipinski definition) is 1. The average Bonchev–Trinajstić information content (AvgIpc) is 3.16. The number of hydrogen-bond acceptors (Lipinski definition) is 4. The number of sulfonamides is 1. The van der Waals surface area contributed by atoms with Gasteiger partial charge in [-0.3, -0.25) is 4.79 Å². The molecule has 27 heavy (non-hydrogen) atoms. The molecule has 0 unspecified atom stereocenters. The highest BCUT2D eigenvalue weighted by Gasteiger charge is 2.23. The molecule has 0 bridgehead atoms. The molecule has 0 radical (unpaired) electrons. The summed E-state index contributed by atoms with van der Waals surface area (Å²) < 4.78 is 26.5. The molecular formula is C19H22BrN3O3S. The molecule has 3 rings (SSSR count). The fraction of sp³-hybridized carbons (Fsp3) is 0.316. The van der Waals surface area contributed by atoms with Crippen molar-refractivity contribution in [2.75, 3.05) is 37.4 Å². The SMILES string of the molecule is CN(C)S(=O)(=O)c1cc(C(=O)Nc2ccccc2N2CCCC2)ccc1Br. The van der Waals surface area contributed by atoms with Gasteiger partial charge in [0.2, 0.25) is 10.0 Å². The highest BCUT2D eigenvalue weighted by molar-refractivity contribution is 9.10. The summed E-state index contributed by atoms with van der Waals surface area (Å²) in [6.07, 6.45) is 2.28. The van der Waals surface area contributed by atoms with E-state index in [1.165, 1.54) is 20.2 Å². The molecule has 0 saturated carbocycles. The number of amides is 1. The van der Waals surface area contributed by atoms with Crippen molar-refractivity contribution in [3.63, 3.8) is 0 Å². The van der Waals surface area contributed by atoms with Crippen LogP contribution in [0.2, 0.25) is 0 Å². The van der Waals surface area contributed by atoms with Crippen LogP contribution in [-0.2, 0) is 10.0 Å². The molecule has 1 N–H and O–H groups in total. The average molecular weight is 452 g/mol. The van der Waals surface area contributed by atoms with Crippen molar-refractivity contribution in [1.29, 1.82) is 0 Å². The van der Waals surface area contributed by atoms with Gasteiger partial charge in [-0.25, -0.2) is 12.7 Å². The van der Waals surface area contributed by atoms with E-state index in [4.69, 9.17) is 0 Å². The Kier molecular flexibility index (Phi) is 5.88. The lowest BCUT2D eigenvalue weighted by atomic mass is 10.2. The van der Waals surface area contributed by atoms with E-state index in [9.17, 15) is 13.2 Å². The minimum atomic E-state index is -3.66. The molecule has 2 aromatic rings. The van der Waals surface area contributed by atoms with Crippen LogP contribution in [0.4, 0.5) is 11.4 Å². The van der Waals surface area contributed by atoms with E-state index in [-0.39, 0.29) is 16.4 Å². The largest absolute Gasteiger partial charge is 0.370 e. The maximum atomic E-state index is 12.8. The van der Waals surface area contributed by atoms with Crippen LogP contribution in [0.1, 0.15) is 23.2 Å². The smallest absolute Gasteiger partial charge is 0.255 e. The summed E-state index contributed by atoms with van der Waals surface area (Å²) in [5, 5.41) is 2.93. The number of halogens is 1. The van der Waals surface area contributed by atoms with Crippen LogP contribution in [0.15, 0.2) is 51.8 Å². The monoisotopic (exact) mass is 451 g/mol. The Bertz CT molecular complexity index is 954. The van der Waals surface area contributed by atoms with Crippen LogP contribution in [0.5, 0.6) is 0 Å². The molecule has 0 aromatic heterocycles. The highest BCUT2D eigenvalue weighted by Crippen LogP contribution is 2.30. The Morgan fingerprint density at radius 1 is 1.11 bits per heavy atom. The second kappa shape index (κ2) is 8.00. The maximum Gasteiger partial charge on any atom is 0.255 e. The number of nitrogens with zero attached hydrogens (tertiary/aromatic N) is 2. The first-order chi connectivity index (χ1) is 12.8. The lowest BCUT2D eigenvalue weighted by molar-refractivity contribution is 0.102. The molecule has 0 atom stereocenters. The predicted octanol–water partition coefficient (Wildman–Crippen LogP) is 3.55. The third kappa shape index (κ3) is 4.17. The van der Waals surface area contributed by atoms with Crippen LogP contribution in [-0.4, -0.2) is 45.8 Å².